The first-order chi connectivity index (χ1) is 12.6. The first kappa shape index (κ1) is 16.9. The SMILES string of the molecule is O=C(Nc1ccc(S(=O)(=O)N2CCc3ccccc32)cc1)N1CCCC1. The van der Waals surface area contributed by atoms with Crippen molar-refractivity contribution in [2.45, 2.75) is 24.2 Å². The Morgan fingerprint density at radius 3 is 2.35 bits per heavy atom. The molecule has 2 aromatic rings. The van der Waals surface area contributed by atoms with Crippen LogP contribution in [0.5, 0.6) is 0 Å². The summed E-state index contributed by atoms with van der Waals surface area (Å²) in [7, 11) is -3.60. The van der Waals surface area contributed by atoms with Crippen LogP contribution in [0.4, 0.5) is 16.2 Å². The van der Waals surface area contributed by atoms with Crippen molar-refractivity contribution in [2.24, 2.45) is 0 Å². The maximum atomic E-state index is 13.0. The average Bonchev–Trinajstić information content (AvgIpc) is 3.32. The molecule has 0 spiro atoms. The van der Waals surface area contributed by atoms with Gasteiger partial charge in [0.2, 0.25) is 0 Å². The monoisotopic (exact) mass is 371 g/mol. The zero-order chi connectivity index (χ0) is 18.1. The molecular weight excluding hydrogens is 350 g/mol. The fourth-order valence-electron chi connectivity index (χ4n) is 3.52. The van der Waals surface area contributed by atoms with Gasteiger partial charge in [0.15, 0.2) is 0 Å². The summed E-state index contributed by atoms with van der Waals surface area (Å²) in [6.07, 6.45) is 2.78. The number of carbonyl (C=O) groups excluding carboxylic acids is 1. The highest BCUT2D eigenvalue weighted by molar-refractivity contribution is 7.92. The Morgan fingerprint density at radius 1 is 0.923 bits per heavy atom. The van der Waals surface area contributed by atoms with E-state index >= 15 is 0 Å². The number of likely N-dealkylation sites (tertiary alicyclic amines) is 1. The minimum atomic E-state index is -3.60. The number of amides is 2. The highest BCUT2D eigenvalue weighted by atomic mass is 32.2. The van der Waals surface area contributed by atoms with E-state index in [2.05, 4.69) is 5.32 Å². The third-order valence-electron chi connectivity index (χ3n) is 4.93. The van der Waals surface area contributed by atoms with E-state index in [0.29, 0.717) is 12.2 Å². The molecular formula is C19H21N3O3S. The predicted octanol–water partition coefficient (Wildman–Crippen LogP) is 3.07. The van der Waals surface area contributed by atoms with Gasteiger partial charge in [0.1, 0.15) is 0 Å². The molecule has 0 radical (unpaired) electrons. The Morgan fingerprint density at radius 2 is 1.62 bits per heavy atom. The summed E-state index contributed by atoms with van der Waals surface area (Å²) in [5, 5.41) is 2.83. The molecule has 2 aliphatic heterocycles. The third kappa shape index (κ3) is 3.03. The highest BCUT2D eigenvalue weighted by Gasteiger charge is 2.30. The van der Waals surface area contributed by atoms with Gasteiger partial charge in [-0.3, -0.25) is 4.31 Å². The van der Waals surface area contributed by atoms with E-state index in [1.54, 1.807) is 29.2 Å². The van der Waals surface area contributed by atoms with Gasteiger partial charge in [-0.15, -0.1) is 0 Å². The van der Waals surface area contributed by atoms with Crippen molar-refractivity contribution in [2.75, 3.05) is 29.3 Å². The van der Waals surface area contributed by atoms with Gasteiger partial charge in [0.25, 0.3) is 10.0 Å². The number of sulfonamides is 1. The van der Waals surface area contributed by atoms with E-state index in [-0.39, 0.29) is 10.9 Å². The summed E-state index contributed by atoms with van der Waals surface area (Å²) < 4.78 is 27.4. The average molecular weight is 371 g/mol. The molecule has 1 fully saturated rings. The molecule has 2 heterocycles. The Balaban J connectivity index is 1.52. The van der Waals surface area contributed by atoms with Crippen LogP contribution < -0.4 is 9.62 Å². The number of carbonyl (C=O) groups is 1. The number of nitrogens with one attached hydrogen (secondary N) is 1. The molecule has 2 aromatic carbocycles. The number of anilines is 2. The van der Waals surface area contributed by atoms with Gasteiger partial charge in [0.05, 0.1) is 10.6 Å². The molecule has 1 saturated heterocycles. The Labute approximate surface area is 153 Å². The van der Waals surface area contributed by atoms with E-state index in [0.717, 1.165) is 43.6 Å². The zero-order valence-electron chi connectivity index (χ0n) is 14.4. The summed E-state index contributed by atoms with van der Waals surface area (Å²) in [6.45, 7) is 1.99. The molecule has 2 aliphatic rings. The van der Waals surface area contributed by atoms with Crippen LogP contribution in [0.2, 0.25) is 0 Å². The zero-order valence-corrected chi connectivity index (χ0v) is 15.2. The number of rotatable bonds is 3. The molecule has 2 amide bonds. The molecule has 0 atom stereocenters. The minimum Gasteiger partial charge on any atom is -0.325 e. The van der Waals surface area contributed by atoms with Crippen LogP contribution >= 0.6 is 0 Å². The van der Waals surface area contributed by atoms with Gasteiger partial charge in [-0.1, -0.05) is 18.2 Å². The molecule has 26 heavy (non-hydrogen) atoms. The molecule has 6 nitrogen and oxygen atoms in total. The van der Waals surface area contributed by atoms with Gasteiger partial charge in [-0.25, -0.2) is 13.2 Å². The first-order valence-electron chi connectivity index (χ1n) is 8.82. The van der Waals surface area contributed by atoms with E-state index in [1.807, 2.05) is 24.3 Å². The Kier molecular flexibility index (Phi) is 4.32. The van der Waals surface area contributed by atoms with Crippen molar-refractivity contribution in [1.29, 1.82) is 0 Å². The fourth-order valence-corrected chi connectivity index (χ4v) is 5.02. The number of hydrogen-bond acceptors (Lipinski definition) is 3. The van der Waals surface area contributed by atoms with Crippen molar-refractivity contribution >= 4 is 27.4 Å². The molecule has 7 heteroatoms. The number of hydrogen-bond donors (Lipinski definition) is 1. The van der Waals surface area contributed by atoms with Crippen LogP contribution in [0.15, 0.2) is 53.4 Å². The number of fused-ring (bicyclic) bond motifs is 1. The summed E-state index contributed by atoms with van der Waals surface area (Å²) in [6, 6.07) is 13.8. The maximum absolute atomic E-state index is 13.0. The second-order valence-electron chi connectivity index (χ2n) is 6.60. The number of urea groups is 1. The normalized spacial score (nSPS) is 16.6. The Bertz CT molecular complexity index is 919. The van der Waals surface area contributed by atoms with Crippen molar-refractivity contribution < 1.29 is 13.2 Å². The quantitative estimate of drug-likeness (QED) is 0.901. The first-order valence-corrected chi connectivity index (χ1v) is 10.3. The predicted molar refractivity (Wildman–Crippen MR) is 101 cm³/mol. The lowest BCUT2D eigenvalue weighted by molar-refractivity contribution is 0.222. The van der Waals surface area contributed by atoms with Crippen LogP contribution in [-0.4, -0.2) is 39.0 Å². The van der Waals surface area contributed by atoms with Crippen molar-refractivity contribution in [1.82, 2.24) is 4.90 Å². The fraction of sp³-hybridized carbons (Fsp3) is 0.316. The lowest BCUT2D eigenvalue weighted by atomic mass is 10.2. The van der Waals surface area contributed by atoms with E-state index < -0.39 is 10.0 Å². The van der Waals surface area contributed by atoms with Crippen LogP contribution in [0.3, 0.4) is 0 Å². The van der Waals surface area contributed by atoms with Crippen LogP contribution in [0.25, 0.3) is 0 Å². The van der Waals surface area contributed by atoms with Crippen LogP contribution in [0.1, 0.15) is 18.4 Å². The molecule has 0 unspecified atom stereocenters. The van der Waals surface area contributed by atoms with Gasteiger partial charge in [0, 0.05) is 25.3 Å². The van der Waals surface area contributed by atoms with E-state index in [1.165, 1.54) is 4.31 Å². The topological polar surface area (TPSA) is 69.7 Å². The summed E-state index contributed by atoms with van der Waals surface area (Å²) >= 11 is 0. The molecule has 0 aliphatic carbocycles. The highest BCUT2D eigenvalue weighted by Crippen LogP contribution is 2.32. The number of nitrogens with zero attached hydrogens (tertiary/aromatic N) is 2. The Hall–Kier alpha value is -2.54. The van der Waals surface area contributed by atoms with Gasteiger partial charge in [-0.05, 0) is 55.2 Å². The molecule has 0 bridgehead atoms. The second kappa shape index (κ2) is 6.64. The van der Waals surface area contributed by atoms with Crippen LogP contribution in [-0.2, 0) is 16.4 Å². The van der Waals surface area contributed by atoms with Gasteiger partial charge < -0.3 is 10.2 Å². The van der Waals surface area contributed by atoms with Crippen molar-refractivity contribution in [3.05, 3.63) is 54.1 Å². The van der Waals surface area contributed by atoms with E-state index in [4.69, 9.17) is 0 Å². The minimum absolute atomic E-state index is 0.133. The molecule has 0 aromatic heterocycles. The number of benzene rings is 2. The summed E-state index contributed by atoms with van der Waals surface area (Å²) in [5.41, 5.74) is 2.40. The standard InChI is InChI=1S/C19H21N3O3S/c23-19(21-12-3-4-13-21)20-16-7-9-17(10-8-16)26(24,25)22-14-11-15-5-1-2-6-18(15)22/h1-2,5-10H,3-4,11-14H2,(H,20,23). The summed E-state index contributed by atoms with van der Waals surface area (Å²) in [5.74, 6) is 0. The van der Waals surface area contributed by atoms with E-state index in [9.17, 15) is 13.2 Å². The molecule has 136 valence electrons. The lowest BCUT2D eigenvalue weighted by Gasteiger charge is -2.20. The van der Waals surface area contributed by atoms with Gasteiger partial charge in [-0.2, -0.15) is 0 Å². The van der Waals surface area contributed by atoms with Crippen LogP contribution in [0, 0.1) is 0 Å². The van der Waals surface area contributed by atoms with Crippen molar-refractivity contribution in [3.8, 4) is 0 Å². The molecule has 4 rings (SSSR count). The maximum Gasteiger partial charge on any atom is 0.321 e. The summed E-state index contributed by atoms with van der Waals surface area (Å²) in [4.78, 5) is 14.1. The third-order valence-corrected chi connectivity index (χ3v) is 6.76. The molecule has 0 saturated carbocycles. The number of para-hydroxylation sites is 1. The smallest absolute Gasteiger partial charge is 0.321 e. The van der Waals surface area contributed by atoms with Gasteiger partial charge >= 0.3 is 6.03 Å². The van der Waals surface area contributed by atoms with Crippen molar-refractivity contribution in [3.63, 3.8) is 0 Å². The second-order valence-corrected chi connectivity index (χ2v) is 8.47. The largest absolute Gasteiger partial charge is 0.325 e. The molecule has 1 N–H and O–H groups in total. The lowest BCUT2D eigenvalue weighted by Crippen LogP contribution is -2.32.